The monoisotopic (exact) mass is 259 g/mol. The number of anilines is 1. The van der Waals surface area contributed by atoms with Gasteiger partial charge in [0.05, 0.1) is 17.7 Å². The zero-order valence-corrected chi connectivity index (χ0v) is 10.4. The minimum absolute atomic E-state index is 0.0608. The third-order valence-corrected chi connectivity index (χ3v) is 2.87. The molecular weight excluding hydrogens is 245 g/mol. The smallest absolute Gasteiger partial charge is 0.167 e. The molecule has 1 aromatic rings. The van der Waals surface area contributed by atoms with E-state index in [1.54, 1.807) is 0 Å². The Labute approximate surface area is 105 Å². The number of nitrogens with one attached hydrogen (secondary N) is 1. The average molecular weight is 260 g/mol. The van der Waals surface area contributed by atoms with Crippen LogP contribution in [0.1, 0.15) is 0 Å². The number of morpholine rings is 1. The highest BCUT2D eigenvalue weighted by molar-refractivity contribution is 6.30. The van der Waals surface area contributed by atoms with Crippen LogP contribution in [0, 0.1) is 5.82 Å². The van der Waals surface area contributed by atoms with E-state index >= 15 is 0 Å². The molecule has 17 heavy (non-hydrogen) atoms. The summed E-state index contributed by atoms with van der Waals surface area (Å²) in [4.78, 5) is 5.93. The maximum atomic E-state index is 13.7. The van der Waals surface area contributed by atoms with Crippen molar-refractivity contribution in [2.45, 2.75) is 6.10 Å². The molecule has 1 aliphatic rings. The standard InChI is InChI=1S/C11H15ClFN3O/c1-14-6-9-7-16(2-3-17-9)11-10(13)4-8(12)5-15-11/h4-5,9,14H,2-3,6-7H2,1H3. The average Bonchev–Trinajstić information content (AvgIpc) is 2.29. The van der Waals surface area contributed by atoms with Crippen molar-refractivity contribution in [2.75, 3.05) is 38.2 Å². The second-order valence-electron chi connectivity index (χ2n) is 3.96. The molecule has 0 bridgehead atoms. The Balaban J connectivity index is 2.10. The molecule has 1 N–H and O–H groups in total. The second kappa shape index (κ2) is 5.62. The van der Waals surface area contributed by atoms with Gasteiger partial charge >= 0.3 is 0 Å². The van der Waals surface area contributed by atoms with E-state index in [2.05, 4.69) is 10.3 Å². The number of aromatic nitrogens is 1. The zero-order valence-electron chi connectivity index (χ0n) is 9.62. The van der Waals surface area contributed by atoms with E-state index in [1.807, 2.05) is 11.9 Å². The fraction of sp³-hybridized carbons (Fsp3) is 0.545. The van der Waals surface area contributed by atoms with Crippen molar-refractivity contribution in [3.8, 4) is 0 Å². The predicted molar refractivity (Wildman–Crippen MR) is 65.1 cm³/mol. The molecule has 94 valence electrons. The third kappa shape index (κ3) is 3.06. The summed E-state index contributed by atoms with van der Waals surface area (Å²) in [7, 11) is 1.86. The lowest BCUT2D eigenvalue weighted by molar-refractivity contribution is 0.0417. The Bertz CT molecular complexity index is 389. The molecule has 1 unspecified atom stereocenters. The zero-order chi connectivity index (χ0) is 12.3. The summed E-state index contributed by atoms with van der Waals surface area (Å²) in [5.74, 6) is -0.0404. The summed E-state index contributed by atoms with van der Waals surface area (Å²) >= 11 is 5.68. The molecule has 1 aromatic heterocycles. The van der Waals surface area contributed by atoms with E-state index in [0.717, 1.165) is 6.54 Å². The van der Waals surface area contributed by atoms with Crippen LogP contribution in [0.4, 0.5) is 10.2 Å². The van der Waals surface area contributed by atoms with Crippen molar-refractivity contribution in [3.05, 3.63) is 23.1 Å². The first kappa shape index (κ1) is 12.5. The lowest BCUT2D eigenvalue weighted by atomic mass is 10.2. The molecule has 0 amide bonds. The van der Waals surface area contributed by atoms with Gasteiger partial charge < -0.3 is 15.0 Å². The van der Waals surface area contributed by atoms with Gasteiger partial charge in [0, 0.05) is 25.8 Å². The fourth-order valence-electron chi connectivity index (χ4n) is 1.90. The van der Waals surface area contributed by atoms with Crippen LogP contribution in [-0.4, -0.2) is 44.4 Å². The van der Waals surface area contributed by atoms with Gasteiger partial charge in [0.1, 0.15) is 0 Å². The van der Waals surface area contributed by atoms with Gasteiger partial charge in [0.2, 0.25) is 0 Å². The normalized spacial score (nSPS) is 20.6. The van der Waals surface area contributed by atoms with Crippen LogP contribution < -0.4 is 10.2 Å². The maximum absolute atomic E-state index is 13.7. The van der Waals surface area contributed by atoms with Crippen molar-refractivity contribution < 1.29 is 9.13 Å². The van der Waals surface area contributed by atoms with E-state index in [1.165, 1.54) is 12.3 Å². The van der Waals surface area contributed by atoms with E-state index in [9.17, 15) is 4.39 Å². The number of likely N-dealkylation sites (N-methyl/N-ethyl adjacent to an activating group) is 1. The maximum Gasteiger partial charge on any atom is 0.167 e. The van der Waals surface area contributed by atoms with Crippen molar-refractivity contribution in [1.29, 1.82) is 0 Å². The first-order valence-electron chi connectivity index (χ1n) is 5.53. The number of hydrogen-bond donors (Lipinski definition) is 1. The van der Waals surface area contributed by atoms with Crippen molar-refractivity contribution in [3.63, 3.8) is 0 Å². The summed E-state index contributed by atoms with van der Waals surface area (Å²) in [6.07, 6.45) is 1.52. The predicted octanol–water partition coefficient (Wildman–Crippen LogP) is 1.30. The van der Waals surface area contributed by atoms with Gasteiger partial charge in [0.25, 0.3) is 0 Å². The van der Waals surface area contributed by atoms with Gasteiger partial charge in [-0.05, 0) is 13.1 Å². The van der Waals surface area contributed by atoms with Crippen molar-refractivity contribution in [2.24, 2.45) is 0 Å². The summed E-state index contributed by atoms with van der Waals surface area (Å²) in [6, 6.07) is 1.28. The minimum atomic E-state index is -0.386. The van der Waals surface area contributed by atoms with Gasteiger partial charge in [0.15, 0.2) is 11.6 Å². The number of pyridine rings is 1. The number of ether oxygens (including phenoxy) is 1. The summed E-state index contributed by atoms with van der Waals surface area (Å²) in [6.45, 7) is 2.60. The molecule has 1 fully saturated rings. The summed E-state index contributed by atoms with van der Waals surface area (Å²) in [5.41, 5.74) is 0. The molecule has 0 aromatic carbocycles. The van der Waals surface area contributed by atoms with Crippen LogP contribution in [0.2, 0.25) is 5.02 Å². The highest BCUT2D eigenvalue weighted by Crippen LogP contribution is 2.21. The van der Waals surface area contributed by atoms with Crippen LogP contribution >= 0.6 is 11.6 Å². The molecular formula is C11H15ClFN3O. The largest absolute Gasteiger partial charge is 0.373 e. The van der Waals surface area contributed by atoms with Crippen LogP contribution in [-0.2, 0) is 4.74 Å². The second-order valence-corrected chi connectivity index (χ2v) is 4.39. The molecule has 4 nitrogen and oxygen atoms in total. The van der Waals surface area contributed by atoms with Gasteiger partial charge in [-0.15, -0.1) is 0 Å². The molecule has 2 heterocycles. The Morgan fingerprint density at radius 1 is 1.71 bits per heavy atom. The van der Waals surface area contributed by atoms with Gasteiger partial charge in [-0.25, -0.2) is 9.37 Å². The van der Waals surface area contributed by atoms with Gasteiger partial charge in [-0.1, -0.05) is 11.6 Å². The van der Waals surface area contributed by atoms with Crippen LogP contribution in [0.5, 0.6) is 0 Å². The Morgan fingerprint density at radius 2 is 2.53 bits per heavy atom. The van der Waals surface area contributed by atoms with E-state index in [4.69, 9.17) is 16.3 Å². The van der Waals surface area contributed by atoms with Gasteiger partial charge in [-0.3, -0.25) is 0 Å². The van der Waals surface area contributed by atoms with Crippen LogP contribution in [0.25, 0.3) is 0 Å². The summed E-state index contributed by atoms with van der Waals surface area (Å²) in [5, 5.41) is 3.36. The lowest BCUT2D eigenvalue weighted by Crippen LogP contribution is -2.46. The minimum Gasteiger partial charge on any atom is -0.373 e. The Hall–Kier alpha value is -0.910. The van der Waals surface area contributed by atoms with Crippen LogP contribution in [0.15, 0.2) is 12.3 Å². The number of hydrogen-bond acceptors (Lipinski definition) is 4. The molecule has 0 radical (unpaired) electrons. The highest BCUT2D eigenvalue weighted by atomic mass is 35.5. The molecule has 1 aliphatic heterocycles. The quantitative estimate of drug-likeness (QED) is 0.888. The highest BCUT2D eigenvalue weighted by Gasteiger charge is 2.23. The molecule has 6 heteroatoms. The molecule has 0 spiro atoms. The molecule has 2 rings (SSSR count). The number of rotatable bonds is 3. The molecule has 1 saturated heterocycles. The summed E-state index contributed by atoms with van der Waals surface area (Å²) < 4.78 is 19.3. The van der Waals surface area contributed by atoms with Crippen molar-refractivity contribution in [1.82, 2.24) is 10.3 Å². The molecule has 1 atom stereocenters. The Kier molecular flexibility index (Phi) is 4.15. The molecule has 0 saturated carbocycles. The SMILES string of the molecule is CNCC1CN(c2ncc(Cl)cc2F)CCO1. The van der Waals surface area contributed by atoms with E-state index in [-0.39, 0.29) is 11.9 Å². The van der Waals surface area contributed by atoms with E-state index in [0.29, 0.717) is 30.5 Å². The number of halogens is 2. The topological polar surface area (TPSA) is 37.4 Å². The van der Waals surface area contributed by atoms with Gasteiger partial charge in [-0.2, -0.15) is 0 Å². The van der Waals surface area contributed by atoms with Crippen molar-refractivity contribution >= 4 is 17.4 Å². The Morgan fingerprint density at radius 3 is 3.24 bits per heavy atom. The first-order chi connectivity index (χ1) is 8.20. The first-order valence-corrected chi connectivity index (χ1v) is 5.90. The third-order valence-electron chi connectivity index (χ3n) is 2.66. The molecule has 0 aliphatic carbocycles. The fourth-order valence-corrected chi connectivity index (χ4v) is 2.05. The number of nitrogens with zero attached hydrogens (tertiary/aromatic N) is 2. The lowest BCUT2D eigenvalue weighted by Gasteiger charge is -2.33. The van der Waals surface area contributed by atoms with Crippen LogP contribution in [0.3, 0.4) is 0 Å². The van der Waals surface area contributed by atoms with E-state index < -0.39 is 0 Å².